The molecule has 170 valence electrons. The van der Waals surface area contributed by atoms with Crippen LogP contribution in [0.2, 0.25) is 19.6 Å². The van der Waals surface area contributed by atoms with Crippen LogP contribution in [0.1, 0.15) is 30.5 Å². The van der Waals surface area contributed by atoms with E-state index in [1.54, 1.807) is 0 Å². The van der Waals surface area contributed by atoms with Gasteiger partial charge in [-0.1, -0.05) is 111 Å². The Balaban J connectivity index is 1.79. The summed E-state index contributed by atoms with van der Waals surface area (Å²) in [6.45, 7) is 12.4. The molecule has 0 saturated carbocycles. The van der Waals surface area contributed by atoms with Gasteiger partial charge in [0.2, 0.25) is 5.90 Å². The molecule has 1 saturated heterocycles. The van der Waals surface area contributed by atoms with E-state index in [4.69, 9.17) is 9.73 Å². The largest absolute Gasteiger partial charge is 0.477 e. The van der Waals surface area contributed by atoms with E-state index in [1.807, 2.05) is 0 Å². The Labute approximate surface area is 199 Å². The molecule has 2 aliphatic rings. The maximum Gasteiger partial charge on any atom is 0.203 e. The number of ether oxygens (including phenoxy) is 1. The molecule has 3 aromatic rings. The van der Waals surface area contributed by atoms with Crippen LogP contribution in [-0.2, 0) is 10.3 Å². The third-order valence-electron chi connectivity index (χ3n) is 6.90. The second-order valence-corrected chi connectivity index (χ2v) is 16.3. The van der Waals surface area contributed by atoms with Gasteiger partial charge in [-0.3, -0.25) is 4.90 Å². The molecular weight excluding hydrogens is 420 g/mol. The molecule has 0 aliphatic carbocycles. The second-order valence-electron chi connectivity index (χ2n) is 11.0. The van der Waals surface area contributed by atoms with E-state index in [9.17, 15) is 0 Å². The molecule has 3 aromatic carbocycles. The highest BCUT2D eigenvalue weighted by molar-refractivity contribution is 6.79. The minimum absolute atomic E-state index is 0.164. The van der Waals surface area contributed by atoms with E-state index in [2.05, 4.69) is 129 Å². The van der Waals surface area contributed by atoms with E-state index in [0.717, 1.165) is 5.90 Å². The number of hydrogen-bond acceptors (Lipinski definition) is 3. The predicted octanol–water partition coefficient (Wildman–Crippen LogP) is 6.12. The van der Waals surface area contributed by atoms with Crippen molar-refractivity contribution < 1.29 is 4.74 Å². The molecule has 2 heterocycles. The summed E-state index contributed by atoms with van der Waals surface area (Å²) in [5.74, 6) is 0.916. The first-order chi connectivity index (χ1) is 15.7. The average molecular weight is 455 g/mol. The number of nitrogens with zero attached hydrogens (tertiary/aromatic N) is 2. The number of rotatable bonds is 6. The quantitative estimate of drug-likeness (QED) is 0.255. The Morgan fingerprint density at radius 2 is 1.21 bits per heavy atom. The monoisotopic (exact) mass is 454 g/mol. The van der Waals surface area contributed by atoms with E-state index in [-0.39, 0.29) is 11.6 Å². The van der Waals surface area contributed by atoms with Gasteiger partial charge in [-0.15, -0.1) is 0 Å². The van der Waals surface area contributed by atoms with Gasteiger partial charge in [0, 0.05) is 5.67 Å². The van der Waals surface area contributed by atoms with E-state index >= 15 is 0 Å². The first kappa shape index (κ1) is 22.1. The number of aliphatic imine (C=N–C) groups is 1. The standard InChI is InChI=1S/C29H34N2OSi/c1-28(2)21-32-26(30-28)25-27(33(3,4)5)31(25)29(22-15-9-6-10-16-22,23-17-11-7-12-18-23)24-19-13-8-14-20-24/h6-20,25,27H,21H2,1-5H3/t25-,27+,31?/m1/s1. The minimum Gasteiger partial charge on any atom is -0.477 e. The summed E-state index contributed by atoms with van der Waals surface area (Å²) in [6.07, 6.45) is 0. The van der Waals surface area contributed by atoms with Crippen LogP contribution in [0.25, 0.3) is 0 Å². The lowest BCUT2D eigenvalue weighted by Gasteiger charge is -2.39. The zero-order valence-electron chi connectivity index (χ0n) is 20.3. The van der Waals surface area contributed by atoms with E-state index in [0.29, 0.717) is 12.3 Å². The summed E-state index contributed by atoms with van der Waals surface area (Å²) < 4.78 is 6.28. The molecule has 33 heavy (non-hydrogen) atoms. The lowest BCUT2D eigenvalue weighted by atomic mass is 9.76. The molecule has 3 atom stereocenters. The first-order valence-electron chi connectivity index (χ1n) is 11.9. The fraction of sp³-hybridized carbons (Fsp3) is 0.345. The molecule has 1 unspecified atom stereocenters. The fourth-order valence-corrected chi connectivity index (χ4v) is 7.90. The highest BCUT2D eigenvalue weighted by atomic mass is 28.3. The van der Waals surface area contributed by atoms with Gasteiger partial charge in [-0.05, 0) is 30.5 Å². The predicted molar refractivity (Wildman–Crippen MR) is 139 cm³/mol. The summed E-state index contributed by atoms with van der Waals surface area (Å²) in [5, 5.41) is 0. The molecule has 5 rings (SSSR count). The smallest absolute Gasteiger partial charge is 0.203 e. The van der Waals surface area contributed by atoms with Crippen LogP contribution in [0.15, 0.2) is 96.0 Å². The number of hydrogen-bond donors (Lipinski definition) is 0. The van der Waals surface area contributed by atoms with Crippen LogP contribution in [0.3, 0.4) is 0 Å². The first-order valence-corrected chi connectivity index (χ1v) is 15.5. The highest BCUT2D eigenvalue weighted by Crippen LogP contribution is 2.54. The minimum atomic E-state index is -1.61. The summed E-state index contributed by atoms with van der Waals surface area (Å²) >= 11 is 0. The van der Waals surface area contributed by atoms with Gasteiger partial charge in [0.1, 0.15) is 12.6 Å². The lowest BCUT2D eigenvalue weighted by Crippen LogP contribution is -2.43. The van der Waals surface area contributed by atoms with Crippen molar-refractivity contribution in [3.05, 3.63) is 108 Å². The van der Waals surface area contributed by atoms with Gasteiger partial charge in [0.15, 0.2) is 0 Å². The molecular formula is C29H34N2OSi. The van der Waals surface area contributed by atoms with Crippen LogP contribution in [0.5, 0.6) is 0 Å². The topological polar surface area (TPSA) is 24.6 Å². The Bertz CT molecular complexity index is 1040. The van der Waals surface area contributed by atoms with Crippen LogP contribution in [0.4, 0.5) is 0 Å². The van der Waals surface area contributed by atoms with Gasteiger partial charge < -0.3 is 4.74 Å². The Hall–Kier alpha value is -2.69. The molecule has 4 heteroatoms. The van der Waals surface area contributed by atoms with Crippen molar-refractivity contribution >= 4 is 14.0 Å². The lowest BCUT2D eigenvalue weighted by molar-refractivity contribution is 0.263. The second kappa shape index (κ2) is 7.96. The van der Waals surface area contributed by atoms with E-state index < -0.39 is 13.6 Å². The maximum atomic E-state index is 6.28. The van der Waals surface area contributed by atoms with Crippen molar-refractivity contribution in [3.8, 4) is 0 Å². The zero-order valence-corrected chi connectivity index (χ0v) is 21.3. The maximum absolute atomic E-state index is 6.28. The SMILES string of the molecule is CC1(C)COC([C@@H]2[C@H]([Si](C)(C)C)N2C(c2ccccc2)(c2ccccc2)c2ccccc2)=N1. The normalized spacial score (nSPS) is 24.2. The Morgan fingerprint density at radius 3 is 1.55 bits per heavy atom. The zero-order chi connectivity index (χ0) is 23.3. The van der Waals surface area contributed by atoms with Crippen LogP contribution < -0.4 is 0 Å². The molecule has 3 nitrogen and oxygen atoms in total. The van der Waals surface area contributed by atoms with Crippen molar-refractivity contribution in [3.63, 3.8) is 0 Å². The Kier molecular flexibility index (Phi) is 5.34. The number of benzene rings is 3. The van der Waals surface area contributed by atoms with Crippen LogP contribution >= 0.6 is 0 Å². The van der Waals surface area contributed by atoms with Gasteiger partial charge in [0.25, 0.3) is 0 Å². The summed E-state index contributed by atoms with van der Waals surface area (Å²) in [7, 11) is -1.61. The molecule has 1 fully saturated rings. The average Bonchev–Trinajstić information content (AvgIpc) is 3.46. The molecule has 0 radical (unpaired) electrons. The van der Waals surface area contributed by atoms with Gasteiger partial charge in [-0.2, -0.15) is 0 Å². The van der Waals surface area contributed by atoms with E-state index in [1.165, 1.54) is 16.7 Å². The van der Waals surface area contributed by atoms with Gasteiger partial charge in [0.05, 0.1) is 19.2 Å². The Morgan fingerprint density at radius 1 is 0.788 bits per heavy atom. The van der Waals surface area contributed by atoms with Crippen molar-refractivity contribution in [1.29, 1.82) is 0 Å². The van der Waals surface area contributed by atoms with Gasteiger partial charge >= 0.3 is 0 Å². The molecule has 0 aromatic heterocycles. The third-order valence-corrected chi connectivity index (χ3v) is 9.27. The molecule has 0 spiro atoms. The summed E-state index contributed by atoms with van der Waals surface area (Å²) in [5.41, 5.74) is 3.69. The van der Waals surface area contributed by atoms with Gasteiger partial charge in [-0.25, -0.2) is 4.99 Å². The molecule has 0 bridgehead atoms. The van der Waals surface area contributed by atoms with Crippen molar-refractivity contribution in [2.45, 2.75) is 56.3 Å². The molecule has 0 N–H and O–H groups in total. The summed E-state index contributed by atoms with van der Waals surface area (Å²) in [6, 6.07) is 33.1. The van der Waals surface area contributed by atoms with Crippen molar-refractivity contribution in [1.82, 2.24) is 4.90 Å². The van der Waals surface area contributed by atoms with Crippen molar-refractivity contribution in [2.75, 3.05) is 6.61 Å². The fourth-order valence-electron chi connectivity index (χ4n) is 5.54. The van der Waals surface area contributed by atoms with Crippen LogP contribution in [-0.4, -0.2) is 42.7 Å². The third kappa shape index (κ3) is 3.75. The molecule has 0 amide bonds. The summed E-state index contributed by atoms with van der Waals surface area (Å²) in [4.78, 5) is 7.77. The highest BCUT2D eigenvalue weighted by Gasteiger charge is 2.67. The van der Waals surface area contributed by atoms with Crippen LogP contribution in [0, 0.1) is 0 Å². The van der Waals surface area contributed by atoms with Crippen molar-refractivity contribution in [2.24, 2.45) is 4.99 Å². The molecule has 2 aliphatic heterocycles.